The number of aromatic nitrogens is 1. The lowest BCUT2D eigenvalue weighted by atomic mass is 9.84. The van der Waals surface area contributed by atoms with Crippen LogP contribution in [0.4, 0.5) is 5.82 Å². The van der Waals surface area contributed by atoms with Crippen LogP contribution in [0.15, 0.2) is 12.1 Å². The quantitative estimate of drug-likeness (QED) is 0.648. The lowest BCUT2D eigenvalue weighted by Gasteiger charge is -2.31. The Hall–Kier alpha value is -1.09. The van der Waals surface area contributed by atoms with Gasteiger partial charge in [-0.2, -0.15) is 0 Å². The fourth-order valence-electron chi connectivity index (χ4n) is 2.99. The van der Waals surface area contributed by atoms with Gasteiger partial charge in [0.2, 0.25) is 0 Å². The molecule has 1 aromatic heterocycles. The highest BCUT2D eigenvalue weighted by Gasteiger charge is 2.27. The second kappa shape index (κ2) is 7.26. The first-order chi connectivity index (χ1) is 10.3. The molecule has 4 heteroatoms. The number of fused-ring (bicyclic) bond motifs is 1. The molecule has 0 saturated heterocycles. The number of unbranched alkanes of at least 4 members (excludes halogenated alkanes) is 1. The second-order valence-electron chi connectivity index (χ2n) is 6.10. The van der Waals surface area contributed by atoms with Gasteiger partial charge in [0.25, 0.3) is 0 Å². The van der Waals surface area contributed by atoms with Gasteiger partial charge in [0.15, 0.2) is 0 Å². The summed E-state index contributed by atoms with van der Waals surface area (Å²) in [5.74, 6) is 1.71. The third-order valence-corrected chi connectivity index (χ3v) is 4.84. The first-order valence-corrected chi connectivity index (χ1v) is 8.61. The van der Waals surface area contributed by atoms with E-state index in [2.05, 4.69) is 32.6 Å². The molecule has 3 rings (SSSR count). The molecule has 1 fully saturated rings. The maximum absolute atomic E-state index is 5.84. The van der Waals surface area contributed by atoms with Crippen molar-refractivity contribution in [1.29, 1.82) is 0 Å². The van der Waals surface area contributed by atoms with Crippen molar-refractivity contribution >= 4 is 15.5 Å². The Morgan fingerprint density at radius 1 is 1.33 bits per heavy atom. The number of hydrogen-bond acceptors (Lipinski definition) is 3. The lowest BCUT2D eigenvalue weighted by molar-refractivity contribution is -0.0169. The molecule has 0 unspecified atom stereocenters. The third-order valence-electron chi connectivity index (χ3n) is 4.43. The lowest BCUT2D eigenvalue weighted by Crippen LogP contribution is -2.30. The molecule has 3 nitrogen and oxygen atoms in total. The summed E-state index contributed by atoms with van der Waals surface area (Å²) in [4.78, 5) is 4.73. The van der Waals surface area contributed by atoms with Gasteiger partial charge in [0, 0.05) is 34.4 Å². The molecule has 1 N–H and O–H groups in total. The van der Waals surface area contributed by atoms with Crippen LogP contribution in [-0.4, -0.2) is 33.9 Å². The first-order valence-electron chi connectivity index (χ1n) is 8.11. The molecule has 1 aliphatic carbocycles. The van der Waals surface area contributed by atoms with Crippen LogP contribution >= 0.6 is 0 Å². The highest BCUT2D eigenvalue weighted by molar-refractivity contribution is 5.95. The highest BCUT2D eigenvalue weighted by Crippen LogP contribution is 2.29. The topological polar surface area (TPSA) is 34.1 Å². The molecule has 1 radical (unpaired) electrons. The number of anilines is 1. The van der Waals surface area contributed by atoms with Gasteiger partial charge in [-0.15, -0.1) is 5.50 Å². The van der Waals surface area contributed by atoms with Crippen LogP contribution in [-0.2, 0) is 17.6 Å². The van der Waals surface area contributed by atoms with Gasteiger partial charge < -0.3 is 10.1 Å². The Kier molecular flexibility index (Phi) is 5.12. The largest absolute Gasteiger partial charge is 0.378 e. The Bertz CT molecular complexity index is 520. The van der Waals surface area contributed by atoms with Gasteiger partial charge in [0.1, 0.15) is 5.82 Å². The highest BCUT2D eigenvalue weighted by atomic mass is 28.1. The van der Waals surface area contributed by atoms with Gasteiger partial charge in [0.05, 0.1) is 6.10 Å². The summed E-state index contributed by atoms with van der Waals surface area (Å²) >= 11 is 0. The number of pyridine rings is 1. The van der Waals surface area contributed by atoms with Crippen LogP contribution in [0.2, 0.25) is 0 Å². The molecule has 21 heavy (non-hydrogen) atoms. The van der Waals surface area contributed by atoms with Crippen molar-refractivity contribution in [2.75, 3.05) is 18.5 Å². The van der Waals surface area contributed by atoms with E-state index in [1.54, 1.807) is 0 Å². The number of hydrogen-bond donors (Lipinski definition) is 1. The molecule has 1 aromatic rings. The van der Waals surface area contributed by atoms with Crippen molar-refractivity contribution in [2.24, 2.45) is 5.92 Å². The number of rotatable bonds is 6. The standard InChI is InChI=1S/C17H23N2OSi/c21-12-13-10-16(11-13)20-9-2-1-5-15-7-6-14-4-3-8-18-17(14)19-15/h6-7,13,16H,1-5,8-11H2,(H,18,19). The van der Waals surface area contributed by atoms with E-state index in [4.69, 9.17) is 9.72 Å². The molecule has 0 amide bonds. The first kappa shape index (κ1) is 14.8. The second-order valence-corrected chi connectivity index (χ2v) is 6.39. The maximum Gasteiger partial charge on any atom is 0.129 e. The summed E-state index contributed by atoms with van der Waals surface area (Å²) in [7, 11) is 3.33. The average Bonchev–Trinajstić information content (AvgIpc) is 2.48. The summed E-state index contributed by atoms with van der Waals surface area (Å²) in [6, 6.07) is 4.42. The molecule has 1 aliphatic heterocycles. The van der Waals surface area contributed by atoms with E-state index in [9.17, 15) is 0 Å². The number of nitrogens with one attached hydrogen (secondary N) is 1. The summed E-state index contributed by atoms with van der Waals surface area (Å²) in [6.07, 6.45) is 8.42. The van der Waals surface area contributed by atoms with Crippen LogP contribution in [0.3, 0.4) is 0 Å². The predicted molar refractivity (Wildman–Crippen MR) is 86.1 cm³/mol. The molecule has 111 valence electrons. The Balaban J connectivity index is 1.33. The molecular formula is C17H23N2OSi. The average molecular weight is 299 g/mol. The minimum Gasteiger partial charge on any atom is -0.378 e. The van der Waals surface area contributed by atoms with E-state index < -0.39 is 0 Å². The van der Waals surface area contributed by atoms with E-state index in [0.717, 1.165) is 57.5 Å². The van der Waals surface area contributed by atoms with Gasteiger partial charge >= 0.3 is 0 Å². The molecular weight excluding hydrogens is 276 g/mol. The van der Waals surface area contributed by atoms with Crippen LogP contribution < -0.4 is 5.32 Å². The maximum atomic E-state index is 5.84. The van der Waals surface area contributed by atoms with Gasteiger partial charge in [-0.1, -0.05) is 6.07 Å². The predicted octanol–water partition coefficient (Wildman–Crippen LogP) is 2.69. The van der Waals surface area contributed by atoms with E-state index >= 15 is 0 Å². The fraction of sp³-hybridized carbons (Fsp3) is 0.647. The zero-order chi connectivity index (χ0) is 14.5. The van der Waals surface area contributed by atoms with E-state index in [1.807, 2.05) is 0 Å². The number of nitrogens with zero attached hydrogens (tertiary/aromatic N) is 1. The smallest absolute Gasteiger partial charge is 0.129 e. The number of aryl methyl sites for hydroxylation is 2. The van der Waals surface area contributed by atoms with Crippen molar-refractivity contribution in [3.8, 4) is 5.50 Å². The van der Waals surface area contributed by atoms with E-state index in [1.165, 1.54) is 17.7 Å². The summed E-state index contributed by atoms with van der Waals surface area (Å²) in [5, 5.41) is 3.40. The Labute approximate surface area is 130 Å². The van der Waals surface area contributed by atoms with Gasteiger partial charge in [-0.05, 0) is 56.6 Å². The molecule has 0 spiro atoms. The van der Waals surface area contributed by atoms with Crippen LogP contribution in [0, 0.1) is 11.4 Å². The monoisotopic (exact) mass is 299 g/mol. The molecule has 2 aliphatic rings. The molecule has 0 bridgehead atoms. The summed E-state index contributed by atoms with van der Waals surface area (Å²) in [5.41, 5.74) is 5.66. The minimum absolute atomic E-state index is 0.463. The molecule has 0 aromatic carbocycles. The van der Waals surface area contributed by atoms with Crippen molar-refractivity contribution in [3.63, 3.8) is 0 Å². The van der Waals surface area contributed by atoms with Crippen molar-refractivity contribution in [3.05, 3.63) is 23.4 Å². The summed E-state index contributed by atoms with van der Waals surface area (Å²) < 4.78 is 5.84. The third kappa shape index (κ3) is 3.97. The van der Waals surface area contributed by atoms with Crippen molar-refractivity contribution in [2.45, 2.75) is 51.0 Å². The van der Waals surface area contributed by atoms with Gasteiger partial charge in [-0.25, -0.2) is 4.98 Å². The SMILES string of the molecule is [Si]#CC1CC(OCCCCc2ccc3c(n2)NCCC3)C1. The Morgan fingerprint density at radius 2 is 2.24 bits per heavy atom. The molecule has 0 atom stereocenters. The van der Waals surface area contributed by atoms with Crippen LogP contribution in [0.5, 0.6) is 0 Å². The number of ether oxygens (including phenoxy) is 1. The zero-order valence-electron chi connectivity index (χ0n) is 12.5. The molecule has 1 saturated carbocycles. The fourth-order valence-corrected chi connectivity index (χ4v) is 3.22. The summed E-state index contributed by atoms with van der Waals surface area (Å²) in [6.45, 7) is 1.94. The molecule has 2 heterocycles. The minimum atomic E-state index is 0.463. The zero-order valence-corrected chi connectivity index (χ0v) is 13.5. The Morgan fingerprint density at radius 3 is 3.10 bits per heavy atom. The van der Waals surface area contributed by atoms with Crippen LogP contribution in [0.25, 0.3) is 0 Å². The van der Waals surface area contributed by atoms with Gasteiger partial charge in [-0.3, -0.25) is 0 Å². The normalized spacial score (nSPS) is 23.6. The van der Waals surface area contributed by atoms with E-state index in [-0.39, 0.29) is 0 Å². The van der Waals surface area contributed by atoms with Crippen molar-refractivity contribution in [1.82, 2.24) is 4.98 Å². The van der Waals surface area contributed by atoms with Crippen LogP contribution in [0.1, 0.15) is 43.4 Å². The van der Waals surface area contributed by atoms with E-state index in [0.29, 0.717) is 12.0 Å². The van der Waals surface area contributed by atoms with Crippen molar-refractivity contribution < 1.29 is 4.74 Å².